The molecule has 1 amide bonds. The van der Waals surface area contributed by atoms with Crippen LogP contribution >= 0.6 is 34.8 Å². The Balaban J connectivity index is 1.82. The third-order valence-electron chi connectivity index (χ3n) is 4.93. The molecular formula is C22H20Cl3N3O2. The number of hydrogen-bond acceptors (Lipinski definition) is 3. The summed E-state index contributed by atoms with van der Waals surface area (Å²) in [6.45, 7) is 4.94. The molecule has 1 saturated heterocycles. The minimum atomic E-state index is -0.131. The lowest BCUT2D eigenvalue weighted by molar-refractivity contribution is -0.0588. The number of nitrogens with zero attached hydrogens (tertiary/aromatic N) is 3. The summed E-state index contributed by atoms with van der Waals surface area (Å²) in [4.78, 5) is 15.3. The van der Waals surface area contributed by atoms with Crippen molar-refractivity contribution in [3.8, 4) is 16.9 Å². The molecule has 1 aliphatic rings. The minimum Gasteiger partial charge on any atom is -0.372 e. The Labute approximate surface area is 190 Å². The molecule has 0 aliphatic carbocycles. The van der Waals surface area contributed by atoms with E-state index in [4.69, 9.17) is 39.5 Å². The number of morpholine rings is 1. The fourth-order valence-corrected chi connectivity index (χ4v) is 4.18. The molecule has 2 unspecified atom stereocenters. The van der Waals surface area contributed by atoms with E-state index in [0.29, 0.717) is 45.2 Å². The fraction of sp³-hybridized carbons (Fsp3) is 0.273. The van der Waals surface area contributed by atoms with Gasteiger partial charge in [0, 0.05) is 18.7 Å². The summed E-state index contributed by atoms with van der Waals surface area (Å²) in [5.74, 6) is -0.131. The molecule has 1 fully saturated rings. The molecule has 1 aromatic heterocycles. The number of amides is 1. The van der Waals surface area contributed by atoms with E-state index in [-0.39, 0.29) is 18.1 Å². The highest BCUT2D eigenvalue weighted by molar-refractivity contribution is 6.42. The van der Waals surface area contributed by atoms with Crippen LogP contribution in [-0.4, -0.2) is 45.9 Å². The molecule has 1 aliphatic heterocycles. The molecule has 0 saturated carbocycles. The van der Waals surface area contributed by atoms with Gasteiger partial charge < -0.3 is 9.64 Å². The van der Waals surface area contributed by atoms with Crippen LogP contribution < -0.4 is 0 Å². The number of rotatable bonds is 3. The Bertz CT molecular complexity index is 1090. The Kier molecular flexibility index (Phi) is 6.07. The van der Waals surface area contributed by atoms with Crippen molar-refractivity contribution >= 4 is 40.7 Å². The second kappa shape index (κ2) is 8.60. The van der Waals surface area contributed by atoms with Crippen molar-refractivity contribution in [1.82, 2.24) is 14.7 Å². The molecule has 8 heteroatoms. The number of halogens is 3. The van der Waals surface area contributed by atoms with E-state index in [0.717, 1.165) is 5.56 Å². The molecule has 2 aromatic carbocycles. The Morgan fingerprint density at radius 1 is 0.967 bits per heavy atom. The van der Waals surface area contributed by atoms with Crippen LogP contribution in [0.5, 0.6) is 0 Å². The van der Waals surface area contributed by atoms with E-state index in [1.165, 1.54) is 0 Å². The zero-order valence-corrected chi connectivity index (χ0v) is 18.7. The molecule has 0 bridgehead atoms. The Morgan fingerprint density at radius 2 is 1.67 bits per heavy atom. The summed E-state index contributed by atoms with van der Waals surface area (Å²) < 4.78 is 7.36. The van der Waals surface area contributed by atoms with Gasteiger partial charge in [-0.05, 0) is 44.2 Å². The summed E-state index contributed by atoms with van der Waals surface area (Å²) in [7, 11) is 0. The van der Waals surface area contributed by atoms with Gasteiger partial charge in [-0.25, -0.2) is 4.68 Å². The second-order valence-corrected chi connectivity index (χ2v) is 8.59. The third kappa shape index (κ3) is 4.21. The first-order chi connectivity index (χ1) is 14.3. The number of aromatic nitrogens is 2. The maximum Gasteiger partial charge on any atom is 0.272 e. The molecule has 30 heavy (non-hydrogen) atoms. The largest absolute Gasteiger partial charge is 0.372 e. The van der Waals surface area contributed by atoms with Crippen LogP contribution in [0.25, 0.3) is 16.9 Å². The standard InChI is InChI=1S/C22H20Cl3N3O2/c1-13-11-27(12-14(2)30-13)22(29)21-10-20(16-5-3-4-6-17(16)23)26-28(21)15-7-8-18(24)19(25)9-15/h3-10,13-14H,11-12H2,1-2H3. The normalized spacial score (nSPS) is 19.2. The zero-order valence-electron chi connectivity index (χ0n) is 16.5. The van der Waals surface area contributed by atoms with Crippen molar-refractivity contribution in [3.63, 3.8) is 0 Å². The summed E-state index contributed by atoms with van der Waals surface area (Å²) >= 11 is 18.7. The average Bonchev–Trinajstić information content (AvgIpc) is 3.14. The lowest BCUT2D eigenvalue weighted by Gasteiger charge is -2.35. The Morgan fingerprint density at radius 3 is 2.33 bits per heavy atom. The van der Waals surface area contributed by atoms with Gasteiger partial charge in [0.15, 0.2) is 0 Å². The predicted molar refractivity (Wildman–Crippen MR) is 120 cm³/mol. The van der Waals surface area contributed by atoms with Crippen molar-refractivity contribution in [1.29, 1.82) is 0 Å². The van der Waals surface area contributed by atoms with Gasteiger partial charge in [0.05, 0.1) is 38.7 Å². The van der Waals surface area contributed by atoms with Crippen molar-refractivity contribution in [2.45, 2.75) is 26.1 Å². The second-order valence-electron chi connectivity index (χ2n) is 7.37. The lowest BCUT2D eigenvalue weighted by atomic mass is 10.1. The SMILES string of the molecule is CC1CN(C(=O)c2cc(-c3ccccc3Cl)nn2-c2ccc(Cl)c(Cl)c2)CC(C)O1. The number of benzene rings is 2. The van der Waals surface area contributed by atoms with Crippen LogP contribution in [0.4, 0.5) is 0 Å². The molecular weight excluding hydrogens is 445 g/mol. The van der Waals surface area contributed by atoms with Crippen LogP contribution in [0, 0.1) is 0 Å². The van der Waals surface area contributed by atoms with Crippen LogP contribution in [0.2, 0.25) is 15.1 Å². The number of hydrogen-bond donors (Lipinski definition) is 0. The minimum absolute atomic E-state index is 0.0397. The molecule has 5 nitrogen and oxygen atoms in total. The van der Waals surface area contributed by atoms with Gasteiger partial charge >= 0.3 is 0 Å². The first-order valence-corrected chi connectivity index (χ1v) is 10.7. The zero-order chi connectivity index (χ0) is 21.4. The van der Waals surface area contributed by atoms with E-state index < -0.39 is 0 Å². The van der Waals surface area contributed by atoms with E-state index in [1.807, 2.05) is 32.0 Å². The van der Waals surface area contributed by atoms with Crippen molar-refractivity contribution in [2.75, 3.05) is 13.1 Å². The average molecular weight is 465 g/mol. The molecule has 2 atom stereocenters. The molecule has 0 radical (unpaired) electrons. The van der Waals surface area contributed by atoms with E-state index in [2.05, 4.69) is 5.10 Å². The number of carbonyl (C=O) groups excluding carboxylic acids is 1. The maximum atomic E-state index is 13.5. The van der Waals surface area contributed by atoms with E-state index >= 15 is 0 Å². The molecule has 0 spiro atoms. The van der Waals surface area contributed by atoms with Gasteiger partial charge in [0.25, 0.3) is 5.91 Å². The van der Waals surface area contributed by atoms with Gasteiger partial charge in [0.1, 0.15) is 5.69 Å². The van der Waals surface area contributed by atoms with Gasteiger partial charge in [0.2, 0.25) is 0 Å². The maximum absolute atomic E-state index is 13.5. The molecule has 3 aromatic rings. The summed E-state index contributed by atoms with van der Waals surface area (Å²) in [5, 5.41) is 6.07. The van der Waals surface area contributed by atoms with E-state index in [9.17, 15) is 4.79 Å². The highest BCUT2D eigenvalue weighted by Crippen LogP contribution is 2.31. The third-order valence-corrected chi connectivity index (χ3v) is 6.00. The molecule has 156 valence electrons. The quantitative estimate of drug-likeness (QED) is 0.496. The van der Waals surface area contributed by atoms with Gasteiger partial charge in [-0.1, -0.05) is 53.0 Å². The van der Waals surface area contributed by atoms with Gasteiger partial charge in [-0.3, -0.25) is 4.79 Å². The van der Waals surface area contributed by atoms with Crippen LogP contribution in [0.15, 0.2) is 48.5 Å². The predicted octanol–water partition coefficient (Wildman–Crippen LogP) is 5.75. The molecule has 2 heterocycles. The smallest absolute Gasteiger partial charge is 0.272 e. The van der Waals surface area contributed by atoms with Crippen LogP contribution in [-0.2, 0) is 4.74 Å². The van der Waals surface area contributed by atoms with Gasteiger partial charge in [-0.15, -0.1) is 0 Å². The van der Waals surface area contributed by atoms with Crippen molar-refractivity contribution in [3.05, 3.63) is 69.3 Å². The van der Waals surface area contributed by atoms with Crippen LogP contribution in [0.1, 0.15) is 24.3 Å². The van der Waals surface area contributed by atoms with Crippen molar-refractivity contribution < 1.29 is 9.53 Å². The number of carbonyl (C=O) groups is 1. The Hall–Kier alpha value is -2.05. The lowest BCUT2D eigenvalue weighted by Crippen LogP contribution is -2.48. The summed E-state index contributed by atoms with van der Waals surface area (Å²) in [5.41, 5.74) is 2.41. The first kappa shape index (κ1) is 21.2. The monoisotopic (exact) mass is 463 g/mol. The molecule has 0 N–H and O–H groups in total. The van der Waals surface area contributed by atoms with Gasteiger partial charge in [-0.2, -0.15) is 5.10 Å². The summed E-state index contributed by atoms with van der Waals surface area (Å²) in [6.07, 6.45) is -0.0795. The highest BCUT2D eigenvalue weighted by atomic mass is 35.5. The van der Waals surface area contributed by atoms with Crippen LogP contribution in [0.3, 0.4) is 0 Å². The topological polar surface area (TPSA) is 47.4 Å². The van der Waals surface area contributed by atoms with E-state index in [1.54, 1.807) is 39.9 Å². The number of ether oxygens (including phenoxy) is 1. The highest BCUT2D eigenvalue weighted by Gasteiger charge is 2.29. The fourth-order valence-electron chi connectivity index (χ4n) is 3.65. The first-order valence-electron chi connectivity index (χ1n) is 9.58. The van der Waals surface area contributed by atoms with Crippen molar-refractivity contribution in [2.24, 2.45) is 0 Å². The summed E-state index contributed by atoms with van der Waals surface area (Å²) in [6, 6.07) is 14.3. The molecule has 4 rings (SSSR count).